The van der Waals surface area contributed by atoms with E-state index in [2.05, 4.69) is 97.2 Å². The minimum atomic E-state index is -4.49. The van der Waals surface area contributed by atoms with E-state index in [1.54, 1.807) is 0 Å². The van der Waals surface area contributed by atoms with E-state index in [-0.39, 0.29) is 18.1 Å². The summed E-state index contributed by atoms with van der Waals surface area (Å²) in [6.07, 6.45) is 3.57. The highest BCUT2D eigenvalue weighted by molar-refractivity contribution is 7.83. The van der Waals surface area contributed by atoms with Crippen molar-refractivity contribution in [2.45, 2.75) is 58.3 Å². The number of aryl methyl sites for hydroxylation is 3. The summed E-state index contributed by atoms with van der Waals surface area (Å²) in [7, 11) is -4.49. The van der Waals surface area contributed by atoms with E-state index in [1.807, 2.05) is 12.1 Å². The van der Waals surface area contributed by atoms with Crippen LogP contribution < -0.4 is 0 Å². The Morgan fingerprint density at radius 3 is 2.11 bits per heavy atom. The molecule has 0 amide bonds. The molecule has 2 heterocycles. The van der Waals surface area contributed by atoms with Gasteiger partial charge in [0.2, 0.25) is 6.34 Å². The van der Waals surface area contributed by atoms with Gasteiger partial charge in [-0.1, -0.05) is 78.4 Å². The van der Waals surface area contributed by atoms with Crippen LogP contribution in [0, 0.1) is 20.8 Å². The second-order valence-electron chi connectivity index (χ2n) is 10.4. The Morgan fingerprint density at radius 2 is 1.51 bits per heavy atom. The van der Waals surface area contributed by atoms with Crippen molar-refractivity contribution >= 4 is 16.6 Å². The smallest absolute Gasteiger partial charge is 0.235 e. The molecule has 0 aliphatic carbocycles. The minimum absolute atomic E-state index is 0.0218. The van der Waals surface area contributed by atoms with Crippen LogP contribution in [-0.4, -0.2) is 52.2 Å². The Hall–Kier alpha value is -3.00. The Balaban J connectivity index is 1.59. The largest absolute Gasteiger partial charge is 0.735 e. The van der Waals surface area contributed by atoms with E-state index in [9.17, 15) is 13.0 Å². The first-order valence-electron chi connectivity index (χ1n) is 13.0. The van der Waals surface area contributed by atoms with Crippen molar-refractivity contribution in [2.24, 2.45) is 0 Å². The maximum Gasteiger partial charge on any atom is 0.235 e. The van der Waals surface area contributed by atoms with Crippen LogP contribution in [0.15, 0.2) is 72.8 Å². The predicted octanol–water partition coefficient (Wildman–Crippen LogP) is 4.88. The molecule has 0 bridgehead atoms. The lowest BCUT2D eigenvalue weighted by molar-refractivity contribution is -0.578. The summed E-state index contributed by atoms with van der Waals surface area (Å²) in [5, 5.41) is 0. The van der Waals surface area contributed by atoms with Crippen LogP contribution in [0.3, 0.4) is 0 Å². The molecule has 5 rings (SSSR count). The Labute approximate surface area is 220 Å². The highest BCUT2D eigenvalue weighted by Crippen LogP contribution is 2.41. The highest BCUT2D eigenvalue weighted by atomic mass is 32.2. The summed E-state index contributed by atoms with van der Waals surface area (Å²) in [6.45, 7) is 7.99. The van der Waals surface area contributed by atoms with Crippen molar-refractivity contribution in [3.63, 3.8) is 0 Å². The number of hydrogen-bond acceptors (Lipinski definition) is 4. The molecule has 6 nitrogen and oxygen atoms in total. The topological polar surface area (TPSA) is 66.7 Å². The third-order valence-corrected chi connectivity index (χ3v) is 8.86. The second-order valence-corrected chi connectivity index (χ2v) is 11.8. The Bertz CT molecular complexity index is 1370. The van der Waals surface area contributed by atoms with Gasteiger partial charge in [-0.3, -0.25) is 9.48 Å². The summed E-state index contributed by atoms with van der Waals surface area (Å²) in [4.78, 5) is 2.26. The molecule has 3 aromatic rings. The molecule has 0 aromatic heterocycles. The van der Waals surface area contributed by atoms with Gasteiger partial charge in [0.15, 0.2) is 22.4 Å². The van der Waals surface area contributed by atoms with Gasteiger partial charge in [-0.25, -0.2) is 12.7 Å². The van der Waals surface area contributed by atoms with Crippen LogP contribution in [0.25, 0.3) is 0 Å². The van der Waals surface area contributed by atoms with Gasteiger partial charge in [0.05, 0.1) is 6.04 Å². The summed E-state index contributed by atoms with van der Waals surface area (Å²) < 4.78 is 39.5. The molecule has 1 fully saturated rings. The van der Waals surface area contributed by atoms with E-state index in [0.717, 1.165) is 10.8 Å². The molecule has 194 valence electrons. The van der Waals surface area contributed by atoms with E-state index in [0.29, 0.717) is 25.9 Å². The van der Waals surface area contributed by atoms with Crippen molar-refractivity contribution in [2.75, 3.05) is 13.1 Å². The second kappa shape index (κ2) is 10.4. The molecule has 0 spiro atoms. The number of rotatable bonds is 7. The summed E-state index contributed by atoms with van der Waals surface area (Å²) in [5.74, 6) is 0. The van der Waals surface area contributed by atoms with Crippen molar-refractivity contribution in [3.8, 4) is 0 Å². The Kier molecular flexibility index (Phi) is 7.21. The summed E-state index contributed by atoms with van der Waals surface area (Å²) in [6, 6.07) is 25.1. The van der Waals surface area contributed by atoms with Crippen LogP contribution in [-0.2, 0) is 16.8 Å². The van der Waals surface area contributed by atoms with Gasteiger partial charge >= 0.3 is 0 Å². The zero-order chi connectivity index (χ0) is 26.2. The van der Waals surface area contributed by atoms with Crippen molar-refractivity contribution < 1.29 is 17.5 Å². The minimum Gasteiger partial charge on any atom is -0.735 e. The van der Waals surface area contributed by atoms with Crippen LogP contribution in [0.2, 0.25) is 0 Å². The first kappa shape index (κ1) is 25.6. The molecule has 1 saturated heterocycles. The lowest BCUT2D eigenvalue weighted by Crippen LogP contribution is -2.43. The molecule has 2 aliphatic heterocycles. The zero-order valence-corrected chi connectivity index (χ0v) is 22.6. The maximum absolute atomic E-state index is 12.0. The first-order valence-corrected chi connectivity index (χ1v) is 14.3. The molecule has 3 aromatic carbocycles. The normalized spacial score (nSPS) is 22.4. The monoisotopic (exact) mass is 517 g/mol. The fourth-order valence-electron chi connectivity index (χ4n) is 6.22. The first-order chi connectivity index (χ1) is 17.7. The number of hydrogen-bond donors (Lipinski definition) is 0. The lowest BCUT2D eigenvalue weighted by Gasteiger charge is -2.30. The molecule has 0 unspecified atom stereocenters. The fourth-order valence-corrected chi connectivity index (χ4v) is 7.11. The molecular weight excluding hydrogens is 482 g/mol. The molecule has 0 saturated carbocycles. The highest BCUT2D eigenvalue weighted by Gasteiger charge is 2.46. The lowest BCUT2D eigenvalue weighted by atomic mass is 9.92. The fraction of sp³-hybridized carbons (Fsp3) is 0.367. The van der Waals surface area contributed by atoms with Gasteiger partial charge in [0.1, 0.15) is 13.1 Å². The molecular formula is C30H35N3O3S. The average Bonchev–Trinajstić information content (AvgIpc) is 3.47. The molecule has 3 atom stereocenters. The van der Waals surface area contributed by atoms with E-state index in [4.69, 9.17) is 0 Å². The van der Waals surface area contributed by atoms with Gasteiger partial charge in [-0.05, 0) is 50.3 Å². The maximum atomic E-state index is 12.0. The van der Waals surface area contributed by atoms with Crippen LogP contribution in [0.4, 0.5) is 0 Å². The van der Waals surface area contributed by atoms with Gasteiger partial charge in [-0.2, -0.15) is 0 Å². The predicted molar refractivity (Wildman–Crippen MR) is 145 cm³/mol. The molecule has 0 N–H and O–H groups in total. The summed E-state index contributed by atoms with van der Waals surface area (Å²) >= 11 is 0. The number of nitrogens with zero attached hydrogens (tertiary/aromatic N) is 3. The average molecular weight is 518 g/mol. The van der Waals surface area contributed by atoms with Crippen LogP contribution in [0.5, 0.6) is 0 Å². The number of benzene rings is 3. The molecule has 0 radical (unpaired) electrons. The van der Waals surface area contributed by atoms with Gasteiger partial charge in [0.25, 0.3) is 0 Å². The quantitative estimate of drug-likeness (QED) is 0.331. The van der Waals surface area contributed by atoms with Crippen LogP contribution >= 0.6 is 0 Å². The van der Waals surface area contributed by atoms with Gasteiger partial charge in [0, 0.05) is 17.7 Å². The SMILES string of the molecule is Cc1cc(C)c(C[N+]2=CN(C[C@@H]3CCCN3S(=O)(=O)[O-])[C@@H](c3ccccc3)[C@@H]2c2ccccc2)c(C)c1. The van der Waals surface area contributed by atoms with E-state index in [1.165, 1.54) is 33.4 Å². The standard InChI is InChI=1S/C30H35N3O3S/c1-22-17-23(2)28(24(3)18-22)20-32-21-31(19-27-15-10-16-33(27)37(34,35)36)29(25-11-6-4-7-12-25)30(32)26-13-8-5-9-14-26/h4-9,11-14,17-18,21,27,29-30H,10,15-16,19-20H2,1-3H3/t27-,29-,30-/m0/s1. The van der Waals surface area contributed by atoms with E-state index < -0.39 is 10.3 Å². The molecule has 2 aliphatic rings. The van der Waals surface area contributed by atoms with Crippen molar-refractivity contribution in [3.05, 3.63) is 106 Å². The van der Waals surface area contributed by atoms with Crippen molar-refractivity contribution in [1.29, 1.82) is 0 Å². The van der Waals surface area contributed by atoms with Gasteiger partial charge < -0.3 is 4.55 Å². The van der Waals surface area contributed by atoms with Crippen LogP contribution in [0.1, 0.15) is 58.3 Å². The molecule has 7 heteroatoms. The third kappa shape index (κ3) is 5.35. The van der Waals surface area contributed by atoms with E-state index >= 15 is 0 Å². The third-order valence-electron chi connectivity index (χ3n) is 7.81. The van der Waals surface area contributed by atoms with Gasteiger partial charge in [-0.15, -0.1) is 0 Å². The summed E-state index contributed by atoms with van der Waals surface area (Å²) in [5.41, 5.74) is 7.48. The van der Waals surface area contributed by atoms with Crippen molar-refractivity contribution in [1.82, 2.24) is 9.21 Å². The molecule has 37 heavy (non-hydrogen) atoms. The zero-order valence-electron chi connectivity index (χ0n) is 21.7. The Morgan fingerprint density at radius 1 is 0.919 bits per heavy atom.